The summed E-state index contributed by atoms with van der Waals surface area (Å²) in [5.74, 6) is 1.21. The van der Waals surface area contributed by atoms with Crippen molar-refractivity contribution in [3.63, 3.8) is 0 Å². The first-order chi connectivity index (χ1) is 14.1. The third-order valence-corrected chi connectivity index (χ3v) is 6.32. The minimum atomic E-state index is 0.132. The van der Waals surface area contributed by atoms with Crippen molar-refractivity contribution in [3.05, 3.63) is 87.1 Å². The molecule has 1 fully saturated rings. The summed E-state index contributed by atoms with van der Waals surface area (Å²) in [7, 11) is 0. The van der Waals surface area contributed by atoms with Crippen LogP contribution in [0.5, 0.6) is 0 Å². The summed E-state index contributed by atoms with van der Waals surface area (Å²) in [5.41, 5.74) is 2.45. The molecule has 150 valence electrons. The molecule has 1 aliphatic rings. The van der Waals surface area contributed by atoms with E-state index in [0.717, 1.165) is 19.5 Å². The number of hydrogen-bond donors (Lipinski definition) is 2. The summed E-state index contributed by atoms with van der Waals surface area (Å²) in [5, 5.41) is 8.76. The molecule has 1 saturated heterocycles. The zero-order valence-electron chi connectivity index (χ0n) is 15.7. The highest BCUT2D eigenvalue weighted by molar-refractivity contribution is 6.42. The Labute approximate surface area is 185 Å². The number of anilines is 1. The second-order valence-electron chi connectivity index (χ2n) is 7.27. The van der Waals surface area contributed by atoms with E-state index in [2.05, 4.69) is 50.9 Å². The molecule has 2 aromatic carbocycles. The lowest BCUT2D eigenvalue weighted by Crippen LogP contribution is -2.36. The molecule has 3 aromatic rings. The van der Waals surface area contributed by atoms with Crippen molar-refractivity contribution in [2.24, 2.45) is 5.92 Å². The summed E-state index contributed by atoms with van der Waals surface area (Å²) in [6, 6.07) is 16.5. The van der Waals surface area contributed by atoms with Crippen LogP contribution in [0.3, 0.4) is 0 Å². The van der Waals surface area contributed by atoms with Gasteiger partial charge in [0.2, 0.25) is 5.95 Å². The summed E-state index contributed by atoms with van der Waals surface area (Å²) in [4.78, 5) is 8.68. The van der Waals surface area contributed by atoms with Gasteiger partial charge >= 0.3 is 0 Å². The predicted octanol–water partition coefficient (Wildman–Crippen LogP) is 5.46. The molecule has 4 rings (SSSR count). The van der Waals surface area contributed by atoms with Crippen LogP contribution in [0.4, 0.5) is 5.95 Å². The van der Waals surface area contributed by atoms with E-state index >= 15 is 0 Å². The van der Waals surface area contributed by atoms with E-state index in [1.54, 1.807) is 12.4 Å². The lowest BCUT2D eigenvalue weighted by atomic mass is 9.81. The molecule has 2 heterocycles. The van der Waals surface area contributed by atoms with Crippen LogP contribution in [0.2, 0.25) is 15.1 Å². The monoisotopic (exact) mass is 446 g/mol. The number of hydrogen-bond acceptors (Lipinski definition) is 4. The number of nitrogens with one attached hydrogen (secondary N) is 2. The molecule has 29 heavy (non-hydrogen) atoms. The third-order valence-electron chi connectivity index (χ3n) is 5.38. The molecule has 0 aliphatic carbocycles. The SMILES string of the molecule is Clc1cnc(N[C@H](Cc2ccccc2)C2CNCC2c2ccc(Cl)c(Cl)c2)nc1. The topological polar surface area (TPSA) is 49.8 Å². The molecule has 7 heteroatoms. The van der Waals surface area contributed by atoms with Crippen LogP contribution in [0.15, 0.2) is 60.9 Å². The number of rotatable bonds is 6. The summed E-state index contributed by atoms with van der Waals surface area (Å²) >= 11 is 18.4. The zero-order valence-corrected chi connectivity index (χ0v) is 17.9. The van der Waals surface area contributed by atoms with Gasteiger partial charge in [-0.25, -0.2) is 9.97 Å². The molecule has 0 saturated carbocycles. The first-order valence-electron chi connectivity index (χ1n) is 9.54. The van der Waals surface area contributed by atoms with Crippen molar-refractivity contribution in [1.82, 2.24) is 15.3 Å². The van der Waals surface area contributed by atoms with Crippen LogP contribution in [-0.4, -0.2) is 29.1 Å². The minimum Gasteiger partial charge on any atom is -0.351 e. The van der Waals surface area contributed by atoms with E-state index < -0.39 is 0 Å². The average Bonchev–Trinajstić information content (AvgIpc) is 3.22. The van der Waals surface area contributed by atoms with Crippen molar-refractivity contribution >= 4 is 40.8 Å². The molecule has 0 amide bonds. The Balaban J connectivity index is 1.62. The van der Waals surface area contributed by atoms with Gasteiger partial charge in [0, 0.05) is 25.0 Å². The molecule has 2 N–H and O–H groups in total. The molecule has 3 atom stereocenters. The normalized spacial score (nSPS) is 19.8. The van der Waals surface area contributed by atoms with E-state index in [1.807, 2.05) is 18.2 Å². The second kappa shape index (κ2) is 9.31. The van der Waals surface area contributed by atoms with E-state index in [4.69, 9.17) is 34.8 Å². The average molecular weight is 448 g/mol. The Hall–Kier alpha value is -1.85. The standard InChI is InChI=1S/C22H21Cl3N4/c23-16-10-27-22(28-11-16)29-21(8-14-4-2-1-3-5-14)18-13-26-12-17(18)15-6-7-19(24)20(25)9-15/h1-7,9-11,17-18,21,26H,8,12-13H2,(H,27,28,29)/t17?,18?,21-/m1/s1. The van der Waals surface area contributed by atoms with Crippen LogP contribution >= 0.6 is 34.8 Å². The number of benzene rings is 2. The van der Waals surface area contributed by atoms with Gasteiger partial charge in [-0.1, -0.05) is 71.2 Å². The molecule has 4 nitrogen and oxygen atoms in total. The van der Waals surface area contributed by atoms with Crippen molar-refractivity contribution < 1.29 is 0 Å². The van der Waals surface area contributed by atoms with Crippen LogP contribution in [0, 0.1) is 5.92 Å². The van der Waals surface area contributed by atoms with Gasteiger partial charge in [-0.05, 0) is 35.6 Å². The molecular formula is C22H21Cl3N4. The van der Waals surface area contributed by atoms with E-state index in [1.165, 1.54) is 11.1 Å². The van der Waals surface area contributed by atoms with Gasteiger partial charge in [-0.2, -0.15) is 0 Å². The Morgan fingerprint density at radius 1 is 0.966 bits per heavy atom. The van der Waals surface area contributed by atoms with Gasteiger partial charge < -0.3 is 10.6 Å². The smallest absolute Gasteiger partial charge is 0.222 e. The van der Waals surface area contributed by atoms with Gasteiger partial charge in [-0.15, -0.1) is 0 Å². The number of nitrogens with zero attached hydrogens (tertiary/aromatic N) is 2. The first-order valence-corrected chi connectivity index (χ1v) is 10.7. The molecule has 1 aliphatic heterocycles. The van der Waals surface area contributed by atoms with Gasteiger partial charge in [-0.3, -0.25) is 0 Å². The highest BCUT2D eigenvalue weighted by atomic mass is 35.5. The fourth-order valence-corrected chi connectivity index (χ4v) is 4.36. The zero-order chi connectivity index (χ0) is 20.2. The third kappa shape index (κ3) is 5.01. The Morgan fingerprint density at radius 2 is 1.72 bits per heavy atom. The van der Waals surface area contributed by atoms with Gasteiger partial charge in [0.25, 0.3) is 0 Å². The van der Waals surface area contributed by atoms with E-state index in [-0.39, 0.29) is 6.04 Å². The molecule has 0 bridgehead atoms. The molecule has 0 spiro atoms. The second-order valence-corrected chi connectivity index (χ2v) is 8.52. The van der Waals surface area contributed by atoms with Gasteiger partial charge in [0.05, 0.1) is 27.5 Å². The fourth-order valence-electron chi connectivity index (χ4n) is 3.96. The lowest BCUT2D eigenvalue weighted by Gasteiger charge is -2.29. The maximum absolute atomic E-state index is 6.29. The van der Waals surface area contributed by atoms with Crippen LogP contribution in [0.25, 0.3) is 0 Å². The Bertz CT molecular complexity index is 950. The minimum absolute atomic E-state index is 0.132. The summed E-state index contributed by atoms with van der Waals surface area (Å²) < 4.78 is 0. The molecule has 0 radical (unpaired) electrons. The Morgan fingerprint density at radius 3 is 2.45 bits per heavy atom. The van der Waals surface area contributed by atoms with Gasteiger partial charge in [0.1, 0.15) is 0 Å². The molecular weight excluding hydrogens is 427 g/mol. The predicted molar refractivity (Wildman–Crippen MR) is 120 cm³/mol. The highest BCUT2D eigenvalue weighted by Gasteiger charge is 2.35. The first kappa shape index (κ1) is 20.4. The van der Waals surface area contributed by atoms with Crippen LogP contribution in [0.1, 0.15) is 17.0 Å². The van der Waals surface area contributed by atoms with Crippen molar-refractivity contribution in [2.75, 3.05) is 18.4 Å². The van der Waals surface area contributed by atoms with Gasteiger partial charge in [0.15, 0.2) is 0 Å². The summed E-state index contributed by atoms with van der Waals surface area (Å²) in [6.45, 7) is 1.78. The van der Waals surface area contributed by atoms with Crippen molar-refractivity contribution in [3.8, 4) is 0 Å². The maximum Gasteiger partial charge on any atom is 0.222 e. The number of aromatic nitrogens is 2. The van der Waals surface area contributed by atoms with Crippen molar-refractivity contribution in [2.45, 2.75) is 18.4 Å². The highest BCUT2D eigenvalue weighted by Crippen LogP contribution is 2.35. The van der Waals surface area contributed by atoms with E-state index in [0.29, 0.717) is 32.9 Å². The molecule has 1 aromatic heterocycles. The Kier molecular flexibility index (Phi) is 6.56. The van der Waals surface area contributed by atoms with E-state index in [9.17, 15) is 0 Å². The maximum atomic E-state index is 6.29. The molecule has 2 unspecified atom stereocenters. The van der Waals surface area contributed by atoms with Crippen LogP contribution < -0.4 is 10.6 Å². The fraction of sp³-hybridized carbons (Fsp3) is 0.273. The quantitative estimate of drug-likeness (QED) is 0.526. The largest absolute Gasteiger partial charge is 0.351 e. The number of halogens is 3. The lowest BCUT2D eigenvalue weighted by molar-refractivity contribution is 0.433. The van der Waals surface area contributed by atoms with Crippen molar-refractivity contribution in [1.29, 1.82) is 0 Å². The summed E-state index contributed by atoms with van der Waals surface area (Å²) in [6.07, 6.45) is 4.08. The van der Waals surface area contributed by atoms with Crippen LogP contribution in [-0.2, 0) is 6.42 Å².